The molecule has 102 valence electrons. The highest BCUT2D eigenvalue weighted by Gasteiger charge is 2.31. The van der Waals surface area contributed by atoms with Crippen LogP contribution < -0.4 is 4.90 Å². The molecule has 1 heterocycles. The van der Waals surface area contributed by atoms with E-state index in [0.717, 1.165) is 5.33 Å². The van der Waals surface area contributed by atoms with E-state index in [9.17, 15) is 9.59 Å². The zero-order chi connectivity index (χ0) is 14.0. The fraction of sp³-hybridized carbons (Fsp3) is 0.385. The van der Waals surface area contributed by atoms with Crippen LogP contribution in [0.25, 0.3) is 0 Å². The summed E-state index contributed by atoms with van der Waals surface area (Å²) in [5, 5.41) is 1.22. The van der Waals surface area contributed by atoms with Crippen molar-refractivity contribution < 1.29 is 14.3 Å². The predicted octanol–water partition coefficient (Wildman–Crippen LogP) is 2.87. The number of hydrogen-bond acceptors (Lipinski definition) is 3. The number of rotatable bonds is 3. The van der Waals surface area contributed by atoms with Gasteiger partial charge in [0.1, 0.15) is 0 Å². The third-order valence-electron chi connectivity index (χ3n) is 3.08. The van der Waals surface area contributed by atoms with Crippen LogP contribution in [0.15, 0.2) is 18.2 Å². The Hall–Kier alpha value is -1.07. The third kappa shape index (κ3) is 2.92. The Morgan fingerprint density at radius 2 is 2.32 bits per heavy atom. The summed E-state index contributed by atoms with van der Waals surface area (Å²) in [7, 11) is 1.32. The Bertz CT molecular complexity index is 521. The molecule has 1 aliphatic rings. The van der Waals surface area contributed by atoms with E-state index < -0.39 is 5.97 Å². The molecule has 1 atom stereocenters. The number of amides is 1. The molecule has 1 amide bonds. The summed E-state index contributed by atoms with van der Waals surface area (Å²) < 4.78 is 4.67. The van der Waals surface area contributed by atoms with Crippen molar-refractivity contribution in [2.24, 2.45) is 5.92 Å². The lowest BCUT2D eigenvalue weighted by Crippen LogP contribution is -2.25. The topological polar surface area (TPSA) is 46.6 Å². The van der Waals surface area contributed by atoms with E-state index in [-0.39, 0.29) is 11.8 Å². The van der Waals surface area contributed by atoms with Crippen LogP contribution in [0, 0.1) is 5.92 Å². The lowest BCUT2D eigenvalue weighted by atomic mass is 10.1. The third-order valence-corrected chi connectivity index (χ3v) is 4.32. The molecule has 0 aromatic heterocycles. The standard InChI is InChI=1S/C13H13BrClNO3/c1-19-13(18)9-2-3-10(15)11(5-9)16-7-8(6-14)4-12(16)17/h2-3,5,8H,4,6-7H2,1H3. The lowest BCUT2D eigenvalue weighted by molar-refractivity contribution is -0.117. The molecule has 1 saturated heterocycles. The minimum absolute atomic E-state index is 0.0216. The molecule has 19 heavy (non-hydrogen) atoms. The highest BCUT2D eigenvalue weighted by Crippen LogP contribution is 2.32. The molecule has 2 rings (SSSR count). The number of halogens is 2. The van der Waals surface area contributed by atoms with Crippen molar-refractivity contribution in [2.45, 2.75) is 6.42 Å². The van der Waals surface area contributed by atoms with Gasteiger partial charge in [-0.2, -0.15) is 0 Å². The van der Waals surface area contributed by atoms with Crippen molar-refractivity contribution in [3.63, 3.8) is 0 Å². The minimum Gasteiger partial charge on any atom is -0.465 e. The molecule has 0 bridgehead atoms. The summed E-state index contributed by atoms with van der Waals surface area (Å²) in [6.07, 6.45) is 0.490. The Morgan fingerprint density at radius 3 is 2.89 bits per heavy atom. The zero-order valence-electron chi connectivity index (χ0n) is 10.4. The Morgan fingerprint density at radius 1 is 1.58 bits per heavy atom. The molecule has 6 heteroatoms. The van der Waals surface area contributed by atoms with E-state index in [0.29, 0.717) is 29.2 Å². The summed E-state index contributed by atoms with van der Waals surface area (Å²) >= 11 is 9.51. The number of hydrogen-bond donors (Lipinski definition) is 0. The van der Waals surface area contributed by atoms with Gasteiger partial charge in [-0.15, -0.1) is 0 Å². The number of benzene rings is 1. The second kappa shape index (κ2) is 5.92. The highest BCUT2D eigenvalue weighted by molar-refractivity contribution is 9.09. The van der Waals surface area contributed by atoms with Crippen LogP contribution in [-0.4, -0.2) is 30.9 Å². The fourth-order valence-electron chi connectivity index (χ4n) is 2.08. The van der Waals surface area contributed by atoms with Gasteiger partial charge in [-0.1, -0.05) is 27.5 Å². The van der Waals surface area contributed by atoms with E-state index in [1.807, 2.05) is 0 Å². The lowest BCUT2D eigenvalue weighted by Gasteiger charge is -2.18. The zero-order valence-corrected chi connectivity index (χ0v) is 12.7. The molecular formula is C13H13BrClNO3. The fourth-order valence-corrected chi connectivity index (χ4v) is 2.74. The number of nitrogens with zero attached hydrogens (tertiary/aromatic N) is 1. The summed E-state index contributed by atoms with van der Waals surface area (Å²) in [5.74, 6) is -0.152. The van der Waals surface area contributed by atoms with Crippen molar-refractivity contribution >= 4 is 45.1 Å². The Labute approximate surface area is 124 Å². The normalized spacial score (nSPS) is 18.8. The average Bonchev–Trinajstić information content (AvgIpc) is 2.79. The van der Waals surface area contributed by atoms with Gasteiger partial charge in [0.25, 0.3) is 0 Å². The number of esters is 1. The Kier molecular flexibility index (Phi) is 4.47. The first kappa shape index (κ1) is 14.3. The van der Waals surface area contributed by atoms with Crippen molar-refractivity contribution in [3.05, 3.63) is 28.8 Å². The first-order valence-corrected chi connectivity index (χ1v) is 7.31. The maximum absolute atomic E-state index is 12.0. The molecule has 1 aromatic rings. The monoisotopic (exact) mass is 345 g/mol. The van der Waals surface area contributed by atoms with Crippen molar-refractivity contribution in [2.75, 3.05) is 23.9 Å². The van der Waals surface area contributed by atoms with Crippen LogP contribution in [0.4, 0.5) is 5.69 Å². The van der Waals surface area contributed by atoms with Gasteiger partial charge >= 0.3 is 5.97 Å². The summed E-state index contributed by atoms with van der Waals surface area (Å²) in [6.45, 7) is 0.606. The van der Waals surface area contributed by atoms with E-state index in [1.165, 1.54) is 7.11 Å². The molecule has 1 fully saturated rings. The quantitative estimate of drug-likeness (QED) is 0.624. The van der Waals surface area contributed by atoms with Gasteiger partial charge in [-0.05, 0) is 24.1 Å². The predicted molar refractivity (Wildman–Crippen MR) is 77.0 cm³/mol. The van der Waals surface area contributed by atoms with Crippen molar-refractivity contribution in [1.82, 2.24) is 0 Å². The van der Waals surface area contributed by atoms with Crippen LogP contribution in [0.2, 0.25) is 5.02 Å². The van der Waals surface area contributed by atoms with Gasteiger partial charge in [-0.3, -0.25) is 4.79 Å². The van der Waals surface area contributed by atoms with Crippen LogP contribution >= 0.6 is 27.5 Å². The van der Waals surface area contributed by atoms with Gasteiger partial charge in [0, 0.05) is 18.3 Å². The van der Waals surface area contributed by atoms with Crippen LogP contribution in [0.3, 0.4) is 0 Å². The number of anilines is 1. The van der Waals surface area contributed by atoms with E-state index in [4.69, 9.17) is 11.6 Å². The summed E-state index contributed by atoms with van der Waals surface area (Å²) in [6, 6.07) is 4.79. The van der Waals surface area contributed by atoms with Gasteiger partial charge in [0.2, 0.25) is 5.91 Å². The maximum atomic E-state index is 12.0. The molecule has 1 unspecified atom stereocenters. The first-order chi connectivity index (χ1) is 9.06. The number of alkyl halides is 1. The number of methoxy groups -OCH3 is 1. The molecule has 0 radical (unpaired) electrons. The maximum Gasteiger partial charge on any atom is 0.337 e. The van der Waals surface area contributed by atoms with Crippen LogP contribution in [0.5, 0.6) is 0 Å². The average molecular weight is 347 g/mol. The first-order valence-electron chi connectivity index (χ1n) is 5.81. The number of carbonyl (C=O) groups excluding carboxylic acids is 2. The van der Waals surface area contributed by atoms with Gasteiger partial charge in [0.15, 0.2) is 0 Å². The van der Waals surface area contributed by atoms with Crippen molar-refractivity contribution in [1.29, 1.82) is 0 Å². The second-order valence-electron chi connectivity index (χ2n) is 4.39. The molecule has 0 aliphatic carbocycles. The second-order valence-corrected chi connectivity index (χ2v) is 5.44. The SMILES string of the molecule is COC(=O)c1ccc(Cl)c(N2CC(CBr)CC2=O)c1. The summed E-state index contributed by atoms with van der Waals surface area (Å²) in [5.41, 5.74) is 0.954. The van der Waals surface area contributed by atoms with E-state index in [1.54, 1.807) is 23.1 Å². The molecule has 1 aliphatic heterocycles. The van der Waals surface area contributed by atoms with Gasteiger partial charge < -0.3 is 9.64 Å². The number of carbonyl (C=O) groups is 2. The molecule has 4 nitrogen and oxygen atoms in total. The van der Waals surface area contributed by atoms with E-state index >= 15 is 0 Å². The molecule has 0 N–H and O–H groups in total. The van der Waals surface area contributed by atoms with Crippen molar-refractivity contribution in [3.8, 4) is 0 Å². The summed E-state index contributed by atoms with van der Waals surface area (Å²) in [4.78, 5) is 25.1. The number of ether oxygens (including phenoxy) is 1. The largest absolute Gasteiger partial charge is 0.465 e. The van der Waals surface area contributed by atoms with Crippen LogP contribution in [-0.2, 0) is 9.53 Å². The minimum atomic E-state index is -0.443. The molecule has 1 aromatic carbocycles. The molecular weight excluding hydrogens is 334 g/mol. The van der Waals surface area contributed by atoms with Crippen LogP contribution in [0.1, 0.15) is 16.8 Å². The van der Waals surface area contributed by atoms with E-state index in [2.05, 4.69) is 20.7 Å². The van der Waals surface area contributed by atoms with Gasteiger partial charge in [-0.25, -0.2) is 4.79 Å². The Balaban J connectivity index is 2.34. The van der Waals surface area contributed by atoms with Gasteiger partial charge in [0.05, 0.1) is 23.4 Å². The molecule has 0 saturated carbocycles. The molecule has 0 spiro atoms. The smallest absolute Gasteiger partial charge is 0.337 e. The highest BCUT2D eigenvalue weighted by atomic mass is 79.9.